The molecule has 1 aliphatic rings. The molecule has 3 aromatic rings. The quantitative estimate of drug-likeness (QED) is 0.467. The summed E-state index contributed by atoms with van der Waals surface area (Å²) in [6, 6.07) is 11.9. The van der Waals surface area contributed by atoms with E-state index in [0.29, 0.717) is 11.7 Å². The Kier molecular flexibility index (Phi) is 5.55. The number of benzene rings is 2. The molecule has 1 N–H and O–H groups in total. The molecule has 0 unspecified atom stereocenters. The summed E-state index contributed by atoms with van der Waals surface area (Å²) in [5.74, 6) is 0.771. The minimum absolute atomic E-state index is 0.0128. The summed E-state index contributed by atoms with van der Waals surface area (Å²) in [6.07, 6.45) is -2.33. The van der Waals surface area contributed by atoms with Crippen LogP contribution in [0.3, 0.4) is 0 Å². The van der Waals surface area contributed by atoms with Crippen LogP contribution in [0.25, 0.3) is 10.9 Å². The number of amides is 1. The fraction of sp³-hybridized carbons (Fsp3) is 0.286. The molecular formula is C21H18F3N3O2S. The van der Waals surface area contributed by atoms with Crippen molar-refractivity contribution in [1.29, 1.82) is 0 Å². The van der Waals surface area contributed by atoms with Crippen molar-refractivity contribution in [2.75, 3.05) is 11.2 Å². The van der Waals surface area contributed by atoms with Gasteiger partial charge in [-0.2, -0.15) is 17.8 Å². The number of aromatic nitrogens is 2. The summed E-state index contributed by atoms with van der Waals surface area (Å²) in [5.41, 5.74) is 1.83. The van der Waals surface area contributed by atoms with Crippen LogP contribution in [-0.2, 0) is 17.4 Å². The largest absolute Gasteiger partial charge is 0.416 e. The standard InChI is InChI=1S/C21H18F3N3O2S/c22-21(23,24)15-8-9-16-17(11-15)25-20(30-12-14-6-7-14)27(19(16)29)26-18(28)10-13-4-2-1-3-5-13/h1-5,8-9,11,14H,6-7,10,12H2,(H,26,28). The Balaban J connectivity index is 1.70. The number of rotatable bonds is 6. The van der Waals surface area contributed by atoms with Gasteiger partial charge in [0.2, 0.25) is 5.91 Å². The number of nitrogens with one attached hydrogen (secondary N) is 1. The van der Waals surface area contributed by atoms with E-state index in [0.717, 1.165) is 41.3 Å². The Labute approximate surface area is 174 Å². The summed E-state index contributed by atoms with van der Waals surface area (Å²) in [6.45, 7) is 0. The summed E-state index contributed by atoms with van der Waals surface area (Å²) in [7, 11) is 0. The molecule has 0 atom stereocenters. The topological polar surface area (TPSA) is 64.0 Å². The maximum atomic E-state index is 13.1. The van der Waals surface area contributed by atoms with Crippen LogP contribution >= 0.6 is 11.8 Å². The number of hydrogen-bond acceptors (Lipinski definition) is 4. The molecule has 9 heteroatoms. The van der Waals surface area contributed by atoms with Gasteiger partial charge in [-0.25, -0.2) is 4.98 Å². The van der Waals surface area contributed by atoms with Crippen LogP contribution in [0.1, 0.15) is 24.0 Å². The molecule has 0 radical (unpaired) electrons. The Hall–Kier alpha value is -2.81. The third-order valence-electron chi connectivity index (χ3n) is 4.76. The number of halogens is 3. The number of alkyl halides is 3. The normalized spacial score (nSPS) is 14.1. The second-order valence-electron chi connectivity index (χ2n) is 7.22. The maximum Gasteiger partial charge on any atom is 0.416 e. The van der Waals surface area contributed by atoms with Gasteiger partial charge in [0.05, 0.1) is 22.9 Å². The zero-order valence-corrected chi connectivity index (χ0v) is 16.6. The highest BCUT2D eigenvalue weighted by Gasteiger charge is 2.31. The Morgan fingerprint density at radius 3 is 2.57 bits per heavy atom. The number of nitrogens with zero attached hydrogens (tertiary/aromatic N) is 2. The Bertz CT molecular complexity index is 1140. The Morgan fingerprint density at radius 1 is 1.17 bits per heavy atom. The maximum absolute atomic E-state index is 13.1. The smallest absolute Gasteiger partial charge is 0.273 e. The summed E-state index contributed by atoms with van der Waals surface area (Å²) in [5, 5.41) is 0.193. The molecule has 1 aromatic heterocycles. The van der Waals surface area contributed by atoms with Crippen LogP contribution < -0.4 is 11.0 Å². The van der Waals surface area contributed by atoms with Crippen molar-refractivity contribution in [3.05, 3.63) is 70.0 Å². The van der Waals surface area contributed by atoms with Crippen LogP contribution in [0.15, 0.2) is 58.5 Å². The molecule has 1 saturated carbocycles. The van der Waals surface area contributed by atoms with Crippen LogP contribution in [0, 0.1) is 5.92 Å². The van der Waals surface area contributed by atoms with Crippen LogP contribution in [-0.4, -0.2) is 21.3 Å². The van der Waals surface area contributed by atoms with E-state index in [1.165, 1.54) is 11.8 Å². The number of carbonyl (C=O) groups is 1. The molecule has 0 spiro atoms. The van der Waals surface area contributed by atoms with Gasteiger partial charge in [0, 0.05) is 5.75 Å². The lowest BCUT2D eigenvalue weighted by atomic mass is 10.1. The zero-order chi connectivity index (χ0) is 21.3. The number of carbonyl (C=O) groups excluding carboxylic acids is 1. The molecule has 0 bridgehead atoms. The molecule has 30 heavy (non-hydrogen) atoms. The van der Waals surface area contributed by atoms with Crippen molar-refractivity contribution in [2.45, 2.75) is 30.6 Å². The minimum atomic E-state index is -4.53. The summed E-state index contributed by atoms with van der Waals surface area (Å²) < 4.78 is 40.2. The van der Waals surface area contributed by atoms with Gasteiger partial charge < -0.3 is 0 Å². The monoisotopic (exact) mass is 433 g/mol. The van der Waals surface area contributed by atoms with Gasteiger partial charge in [-0.05, 0) is 42.5 Å². The summed E-state index contributed by atoms with van der Waals surface area (Å²) in [4.78, 5) is 29.8. The lowest BCUT2D eigenvalue weighted by molar-refractivity contribution is -0.137. The van der Waals surface area contributed by atoms with E-state index < -0.39 is 23.2 Å². The van der Waals surface area contributed by atoms with Crippen molar-refractivity contribution < 1.29 is 18.0 Å². The Morgan fingerprint density at radius 2 is 1.90 bits per heavy atom. The highest BCUT2D eigenvalue weighted by molar-refractivity contribution is 7.99. The van der Waals surface area contributed by atoms with E-state index in [1.807, 2.05) is 18.2 Å². The highest BCUT2D eigenvalue weighted by Crippen LogP contribution is 2.35. The molecule has 156 valence electrons. The second kappa shape index (κ2) is 8.14. The molecule has 4 rings (SSSR count). The van der Waals surface area contributed by atoms with Crippen molar-refractivity contribution >= 4 is 28.6 Å². The van der Waals surface area contributed by atoms with Crippen LogP contribution in [0.4, 0.5) is 13.2 Å². The van der Waals surface area contributed by atoms with Crippen molar-refractivity contribution in [2.24, 2.45) is 5.92 Å². The van der Waals surface area contributed by atoms with Gasteiger partial charge in [-0.15, -0.1) is 0 Å². The highest BCUT2D eigenvalue weighted by atomic mass is 32.2. The van der Waals surface area contributed by atoms with E-state index in [9.17, 15) is 22.8 Å². The average molecular weight is 433 g/mol. The first-order valence-electron chi connectivity index (χ1n) is 9.42. The second-order valence-corrected chi connectivity index (χ2v) is 8.20. The van der Waals surface area contributed by atoms with Crippen LogP contribution in [0.2, 0.25) is 0 Å². The average Bonchev–Trinajstić information content (AvgIpc) is 3.53. The zero-order valence-electron chi connectivity index (χ0n) is 15.8. The molecule has 1 heterocycles. The number of thioether (sulfide) groups is 1. The van der Waals surface area contributed by atoms with Gasteiger partial charge in [0.1, 0.15) is 0 Å². The predicted molar refractivity (Wildman–Crippen MR) is 109 cm³/mol. The molecule has 1 fully saturated rings. The van der Waals surface area contributed by atoms with Gasteiger partial charge >= 0.3 is 6.18 Å². The van der Waals surface area contributed by atoms with Gasteiger partial charge in [0.15, 0.2) is 5.16 Å². The fourth-order valence-electron chi connectivity index (χ4n) is 2.96. The molecule has 0 aliphatic heterocycles. The lowest BCUT2D eigenvalue weighted by Gasteiger charge is -2.15. The van der Waals surface area contributed by atoms with E-state index in [4.69, 9.17) is 0 Å². The van der Waals surface area contributed by atoms with Crippen molar-refractivity contribution in [3.63, 3.8) is 0 Å². The lowest BCUT2D eigenvalue weighted by Crippen LogP contribution is -2.36. The SMILES string of the molecule is O=C(Cc1ccccc1)Nn1c(SCC2CC2)nc2cc(C(F)(F)F)ccc2c1=O. The molecule has 2 aromatic carbocycles. The number of fused-ring (bicyclic) bond motifs is 1. The third kappa shape index (κ3) is 4.67. The van der Waals surface area contributed by atoms with Gasteiger partial charge in [-0.1, -0.05) is 42.1 Å². The van der Waals surface area contributed by atoms with E-state index >= 15 is 0 Å². The first-order valence-corrected chi connectivity index (χ1v) is 10.4. The molecule has 5 nitrogen and oxygen atoms in total. The number of hydrogen-bond donors (Lipinski definition) is 1. The van der Waals surface area contributed by atoms with Crippen molar-refractivity contribution in [1.82, 2.24) is 9.66 Å². The van der Waals surface area contributed by atoms with Crippen molar-refractivity contribution in [3.8, 4) is 0 Å². The fourth-order valence-corrected chi connectivity index (χ4v) is 4.10. The van der Waals surface area contributed by atoms with Gasteiger partial charge in [-0.3, -0.25) is 15.0 Å². The van der Waals surface area contributed by atoms with E-state index in [1.54, 1.807) is 12.1 Å². The molecular weight excluding hydrogens is 415 g/mol. The molecule has 0 saturated heterocycles. The van der Waals surface area contributed by atoms with E-state index in [-0.39, 0.29) is 22.5 Å². The van der Waals surface area contributed by atoms with E-state index in [2.05, 4.69) is 10.4 Å². The van der Waals surface area contributed by atoms with Crippen LogP contribution in [0.5, 0.6) is 0 Å². The molecule has 1 aliphatic carbocycles. The van der Waals surface area contributed by atoms with Gasteiger partial charge in [0.25, 0.3) is 5.56 Å². The first-order chi connectivity index (χ1) is 14.3. The molecule has 1 amide bonds. The third-order valence-corrected chi connectivity index (χ3v) is 5.93. The first kappa shape index (κ1) is 20.5. The minimum Gasteiger partial charge on any atom is -0.273 e. The summed E-state index contributed by atoms with van der Waals surface area (Å²) >= 11 is 1.26. The predicted octanol–water partition coefficient (Wildman–Crippen LogP) is 4.23.